The van der Waals surface area contributed by atoms with Crippen LogP contribution in [0.25, 0.3) is 0 Å². The monoisotopic (exact) mass is 268 g/mol. The molecule has 0 saturated heterocycles. The Bertz CT molecular complexity index is 557. The van der Waals surface area contributed by atoms with E-state index in [1.165, 1.54) is 6.07 Å². The first kappa shape index (κ1) is 13.6. The summed E-state index contributed by atoms with van der Waals surface area (Å²) in [7, 11) is 0. The first-order chi connectivity index (χ1) is 9.06. The lowest BCUT2D eigenvalue weighted by Crippen LogP contribution is -2.21. The van der Waals surface area contributed by atoms with Gasteiger partial charge in [-0.1, -0.05) is 6.07 Å². The van der Waals surface area contributed by atoms with E-state index in [9.17, 15) is 13.9 Å². The Balaban J connectivity index is 1.88. The fourth-order valence-electron chi connectivity index (χ4n) is 1.68. The lowest BCUT2D eigenvalue weighted by Gasteiger charge is -2.12. The Hall–Kier alpha value is -1.79. The molecule has 0 bridgehead atoms. The minimum Gasteiger partial charge on any atom is -0.445 e. The molecule has 4 nitrogen and oxygen atoms in total. The largest absolute Gasteiger partial charge is 0.445 e. The first-order valence-electron chi connectivity index (χ1n) is 5.81. The van der Waals surface area contributed by atoms with Gasteiger partial charge in [0.05, 0.1) is 18.8 Å². The highest BCUT2D eigenvalue weighted by atomic mass is 19.1. The van der Waals surface area contributed by atoms with Crippen molar-refractivity contribution in [3.8, 4) is 0 Å². The van der Waals surface area contributed by atoms with Crippen molar-refractivity contribution < 1.29 is 18.3 Å². The SMILES string of the molecule is Cc1cnc(CNCC(O)c2ccc(F)cc2F)o1. The molecule has 1 heterocycles. The molecule has 2 rings (SSSR count). The van der Waals surface area contributed by atoms with Gasteiger partial charge in [-0.25, -0.2) is 13.8 Å². The van der Waals surface area contributed by atoms with Crippen LogP contribution >= 0.6 is 0 Å². The van der Waals surface area contributed by atoms with Crippen molar-refractivity contribution in [2.24, 2.45) is 0 Å². The molecule has 0 saturated carbocycles. The number of oxazole rings is 1. The van der Waals surface area contributed by atoms with Gasteiger partial charge >= 0.3 is 0 Å². The van der Waals surface area contributed by atoms with Crippen LogP contribution in [0.2, 0.25) is 0 Å². The van der Waals surface area contributed by atoms with Crippen molar-refractivity contribution >= 4 is 0 Å². The molecule has 2 N–H and O–H groups in total. The van der Waals surface area contributed by atoms with Gasteiger partial charge in [0, 0.05) is 18.2 Å². The van der Waals surface area contributed by atoms with Gasteiger partial charge in [0.25, 0.3) is 0 Å². The molecule has 1 unspecified atom stereocenters. The summed E-state index contributed by atoms with van der Waals surface area (Å²) in [5.41, 5.74) is 0.0532. The van der Waals surface area contributed by atoms with E-state index in [2.05, 4.69) is 10.3 Å². The van der Waals surface area contributed by atoms with E-state index in [0.717, 1.165) is 12.1 Å². The van der Waals surface area contributed by atoms with Crippen molar-refractivity contribution in [2.75, 3.05) is 6.54 Å². The number of hydrogen-bond donors (Lipinski definition) is 2. The van der Waals surface area contributed by atoms with Crippen LogP contribution < -0.4 is 5.32 Å². The molecule has 0 amide bonds. The average Bonchev–Trinajstić information content (AvgIpc) is 2.75. The summed E-state index contributed by atoms with van der Waals surface area (Å²) in [6.07, 6.45) is 0.532. The van der Waals surface area contributed by atoms with E-state index >= 15 is 0 Å². The van der Waals surface area contributed by atoms with E-state index < -0.39 is 17.7 Å². The topological polar surface area (TPSA) is 58.3 Å². The van der Waals surface area contributed by atoms with Gasteiger partial charge in [-0.3, -0.25) is 0 Å². The molecule has 0 radical (unpaired) electrons. The maximum atomic E-state index is 13.4. The van der Waals surface area contributed by atoms with Crippen molar-refractivity contribution in [1.29, 1.82) is 0 Å². The zero-order valence-corrected chi connectivity index (χ0v) is 10.4. The van der Waals surface area contributed by atoms with Crippen molar-refractivity contribution in [2.45, 2.75) is 19.6 Å². The highest BCUT2D eigenvalue weighted by Crippen LogP contribution is 2.17. The van der Waals surface area contributed by atoms with Crippen LogP contribution in [0.1, 0.15) is 23.3 Å². The number of nitrogens with zero attached hydrogens (tertiary/aromatic N) is 1. The number of nitrogens with one attached hydrogen (secondary N) is 1. The zero-order chi connectivity index (χ0) is 13.8. The third kappa shape index (κ3) is 3.59. The van der Waals surface area contributed by atoms with Gasteiger partial charge in [0.15, 0.2) is 0 Å². The number of aliphatic hydroxyl groups is 1. The highest BCUT2D eigenvalue weighted by molar-refractivity contribution is 5.21. The summed E-state index contributed by atoms with van der Waals surface area (Å²) in [5, 5.41) is 12.7. The summed E-state index contributed by atoms with van der Waals surface area (Å²) in [4.78, 5) is 3.98. The molecule has 0 fully saturated rings. The van der Waals surface area contributed by atoms with Crippen LogP contribution in [-0.4, -0.2) is 16.6 Å². The number of hydrogen-bond acceptors (Lipinski definition) is 4. The van der Waals surface area contributed by atoms with Crippen molar-refractivity contribution in [3.63, 3.8) is 0 Å². The number of rotatable bonds is 5. The first-order valence-corrected chi connectivity index (χ1v) is 5.81. The summed E-state index contributed by atoms with van der Waals surface area (Å²) in [6, 6.07) is 3.08. The third-order valence-corrected chi connectivity index (χ3v) is 2.60. The number of aliphatic hydroxyl groups excluding tert-OH is 1. The molecule has 1 atom stereocenters. The lowest BCUT2D eigenvalue weighted by atomic mass is 10.1. The number of benzene rings is 1. The summed E-state index contributed by atoms with van der Waals surface area (Å²) in [6.45, 7) is 2.22. The minimum absolute atomic E-state index is 0.0532. The van der Waals surface area contributed by atoms with Gasteiger partial charge in [-0.05, 0) is 13.0 Å². The van der Waals surface area contributed by atoms with E-state index in [4.69, 9.17) is 4.42 Å². The molecular weight excluding hydrogens is 254 g/mol. The Labute approximate surface area is 109 Å². The van der Waals surface area contributed by atoms with Crippen LogP contribution in [-0.2, 0) is 6.54 Å². The average molecular weight is 268 g/mol. The molecule has 102 valence electrons. The fourth-order valence-corrected chi connectivity index (χ4v) is 1.68. The van der Waals surface area contributed by atoms with Crippen LogP contribution in [0.15, 0.2) is 28.8 Å². The summed E-state index contributed by atoms with van der Waals surface area (Å²) >= 11 is 0. The van der Waals surface area contributed by atoms with E-state index in [0.29, 0.717) is 18.2 Å². The lowest BCUT2D eigenvalue weighted by molar-refractivity contribution is 0.168. The molecule has 2 aromatic rings. The smallest absolute Gasteiger partial charge is 0.208 e. The van der Waals surface area contributed by atoms with Crippen LogP contribution in [0.4, 0.5) is 8.78 Å². The molecule has 6 heteroatoms. The second-order valence-corrected chi connectivity index (χ2v) is 4.18. The maximum Gasteiger partial charge on any atom is 0.208 e. The molecule has 0 aliphatic heterocycles. The Morgan fingerprint density at radius 3 is 2.84 bits per heavy atom. The van der Waals surface area contributed by atoms with E-state index in [1.807, 2.05) is 0 Å². The normalized spacial score (nSPS) is 12.6. The Morgan fingerprint density at radius 2 is 2.21 bits per heavy atom. The van der Waals surface area contributed by atoms with Gasteiger partial charge in [-0.15, -0.1) is 0 Å². The highest BCUT2D eigenvalue weighted by Gasteiger charge is 2.13. The molecule has 1 aromatic heterocycles. The predicted molar refractivity (Wildman–Crippen MR) is 64.3 cm³/mol. The van der Waals surface area contributed by atoms with Gasteiger partial charge in [0.1, 0.15) is 17.4 Å². The number of halogens is 2. The number of aryl methyl sites for hydroxylation is 1. The van der Waals surface area contributed by atoms with E-state index in [-0.39, 0.29) is 12.1 Å². The fraction of sp³-hybridized carbons (Fsp3) is 0.308. The van der Waals surface area contributed by atoms with Crippen LogP contribution in [0, 0.1) is 18.6 Å². The second kappa shape index (κ2) is 5.90. The molecule has 1 aromatic carbocycles. The van der Waals surface area contributed by atoms with Gasteiger partial charge < -0.3 is 14.8 Å². The van der Waals surface area contributed by atoms with Crippen molar-refractivity contribution in [3.05, 3.63) is 53.2 Å². The van der Waals surface area contributed by atoms with Gasteiger partial charge in [-0.2, -0.15) is 0 Å². The zero-order valence-electron chi connectivity index (χ0n) is 10.4. The second-order valence-electron chi connectivity index (χ2n) is 4.18. The van der Waals surface area contributed by atoms with E-state index in [1.54, 1.807) is 13.1 Å². The Kier molecular flexibility index (Phi) is 4.24. The predicted octanol–water partition coefficient (Wildman–Crippen LogP) is 2.08. The standard InChI is InChI=1S/C13H14F2N2O2/c1-8-5-17-13(19-8)7-16-6-12(18)10-3-2-9(14)4-11(10)15/h2-5,12,16,18H,6-7H2,1H3. The molecule has 19 heavy (non-hydrogen) atoms. The number of aromatic nitrogens is 1. The van der Waals surface area contributed by atoms with Gasteiger partial charge in [0.2, 0.25) is 5.89 Å². The molecular formula is C13H14F2N2O2. The molecule has 0 aliphatic rings. The Morgan fingerprint density at radius 1 is 1.42 bits per heavy atom. The van der Waals surface area contributed by atoms with Crippen LogP contribution in [0.3, 0.4) is 0 Å². The molecule has 0 aliphatic carbocycles. The molecule has 0 spiro atoms. The third-order valence-electron chi connectivity index (χ3n) is 2.60. The minimum atomic E-state index is -1.06. The van der Waals surface area contributed by atoms with Crippen LogP contribution in [0.5, 0.6) is 0 Å². The maximum absolute atomic E-state index is 13.4. The summed E-state index contributed by atoms with van der Waals surface area (Å²) < 4.78 is 31.4. The summed E-state index contributed by atoms with van der Waals surface area (Å²) in [5.74, 6) is -0.246. The quantitative estimate of drug-likeness (QED) is 0.871. The van der Waals surface area contributed by atoms with Crippen molar-refractivity contribution in [1.82, 2.24) is 10.3 Å².